The Hall–Kier alpha value is -2.47. The number of rotatable bonds is 6. The lowest BCUT2D eigenvalue weighted by Gasteiger charge is -2.19. The van der Waals surface area contributed by atoms with Crippen LogP contribution in [0, 0.1) is 6.92 Å². The molecule has 0 fully saturated rings. The van der Waals surface area contributed by atoms with E-state index in [0.29, 0.717) is 28.2 Å². The maximum Gasteiger partial charge on any atom is 0.435 e. The molecule has 0 saturated carbocycles. The van der Waals surface area contributed by atoms with Gasteiger partial charge in [-0.25, -0.2) is 9.67 Å². The maximum atomic E-state index is 13.3. The third-order valence-corrected chi connectivity index (χ3v) is 5.19. The minimum absolute atomic E-state index is 0.0152. The highest BCUT2D eigenvalue weighted by Gasteiger charge is 2.36. The summed E-state index contributed by atoms with van der Waals surface area (Å²) in [6.07, 6.45) is -4.59. The Bertz CT molecular complexity index is 1150. The zero-order chi connectivity index (χ0) is 23.6. The number of benzene rings is 1. The van der Waals surface area contributed by atoms with Crippen LogP contribution in [0.1, 0.15) is 40.5 Å². The van der Waals surface area contributed by atoms with Crippen molar-refractivity contribution in [2.75, 3.05) is 11.9 Å². The summed E-state index contributed by atoms with van der Waals surface area (Å²) in [5, 5.41) is 19.4. The molecule has 170 valence electrons. The predicted octanol–water partition coefficient (Wildman–Crippen LogP) is 4.86. The van der Waals surface area contributed by atoms with Crippen molar-refractivity contribution in [2.45, 2.75) is 26.3 Å². The van der Waals surface area contributed by atoms with Gasteiger partial charge in [0.25, 0.3) is 5.91 Å². The first kappa shape index (κ1) is 24.2. The molecular formula is C20H18BrClF3N5O2. The average molecular weight is 533 g/mol. The highest BCUT2D eigenvalue weighted by Crippen LogP contribution is 2.33. The van der Waals surface area contributed by atoms with Crippen LogP contribution in [0.5, 0.6) is 0 Å². The van der Waals surface area contributed by atoms with Gasteiger partial charge in [0.15, 0.2) is 11.5 Å². The molecule has 3 aromatic rings. The number of alkyl halides is 3. The zero-order valence-corrected chi connectivity index (χ0v) is 19.2. The monoisotopic (exact) mass is 531 g/mol. The number of aryl methyl sites for hydroxylation is 1. The summed E-state index contributed by atoms with van der Waals surface area (Å²) in [5.41, 5.74) is -0.531. The standard InChI is InChI=1S/C20H18BrClF3N5O2/c1-3-26-18(31)12-8-11(21)7-10(2)16(12)28-19(32)14-9-15(20(23,24)25)29-30(14)17-13(22)5-4-6-27-17/h4-9,18,26,31H,3H2,1-2H3,(H,28,32). The third-order valence-electron chi connectivity index (χ3n) is 4.43. The maximum absolute atomic E-state index is 13.3. The number of amides is 1. The van der Waals surface area contributed by atoms with E-state index in [9.17, 15) is 23.1 Å². The Morgan fingerprint density at radius 3 is 2.69 bits per heavy atom. The highest BCUT2D eigenvalue weighted by atomic mass is 79.9. The van der Waals surface area contributed by atoms with Crippen LogP contribution in [0.25, 0.3) is 5.82 Å². The fourth-order valence-corrected chi connectivity index (χ4v) is 3.80. The largest absolute Gasteiger partial charge is 0.435 e. The first-order chi connectivity index (χ1) is 15.0. The first-order valence-corrected chi connectivity index (χ1v) is 10.5. The lowest BCUT2D eigenvalue weighted by molar-refractivity contribution is -0.141. The molecule has 0 bridgehead atoms. The second kappa shape index (κ2) is 9.57. The second-order valence-electron chi connectivity index (χ2n) is 6.73. The topological polar surface area (TPSA) is 92.1 Å². The smallest absolute Gasteiger partial charge is 0.374 e. The van der Waals surface area contributed by atoms with Gasteiger partial charge in [0.1, 0.15) is 11.9 Å². The fraction of sp³-hybridized carbons (Fsp3) is 0.250. The van der Waals surface area contributed by atoms with Crippen LogP contribution in [-0.4, -0.2) is 32.3 Å². The number of hydrogen-bond donors (Lipinski definition) is 3. The van der Waals surface area contributed by atoms with E-state index in [4.69, 9.17) is 11.6 Å². The minimum atomic E-state index is -4.79. The molecule has 0 spiro atoms. The van der Waals surface area contributed by atoms with Crippen LogP contribution in [0.3, 0.4) is 0 Å². The Balaban J connectivity index is 2.10. The van der Waals surface area contributed by atoms with E-state index in [-0.39, 0.29) is 16.5 Å². The lowest BCUT2D eigenvalue weighted by Crippen LogP contribution is -2.24. The average Bonchev–Trinajstić information content (AvgIpc) is 3.16. The van der Waals surface area contributed by atoms with E-state index >= 15 is 0 Å². The summed E-state index contributed by atoms with van der Waals surface area (Å²) >= 11 is 9.42. The predicted molar refractivity (Wildman–Crippen MR) is 117 cm³/mol. The molecule has 3 N–H and O–H groups in total. The normalized spacial score (nSPS) is 12.6. The number of carbonyl (C=O) groups is 1. The van der Waals surface area contributed by atoms with Crippen molar-refractivity contribution in [3.63, 3.8) is 0 Å². The summed E-state index contributed by atoms with van der Waals surface area (Å²) < 4.78 is 41.4. The molecule has 0 saturated heterocycles. The van der Waals surface area contributed by atoms with E-state index in [2.05, 4.69) is 36.6 Å². The molecular weight excluding hydrogens is 515 g/mol. The summed E-state index contributed by atoms with van der Waals surface area (Å²) in [4.78, 5) is 17.1. The summed E-state index contributed by atoms with van der Waals surface area (Å²) in [6, 6.07) is 6.84. The van der Waals surface area contributed by atoms with Gasteiger partial charge >= 0.3 is 6.18 Å². The van der Waals surface area contributed by atoms with Crippen LogP contribution in [0.2, 0.25) is 5.02 Å². The Labute approximate surface area is 194 Å². The van der Waals surface area contributed by atoms with Gasteiger partial charge in [-0.2, -0.15) is 18.3 Å². The van der Waals surface area contributed by atoms with Gasteiger partial charge in [0.2, 0.25) is 0 Å². The van der Waals surface area contributed by atoms with Gasteiger partial charge < -0.3 is 10.4 Å². The number of nitrogens with one attached hydrogen (secondary N) is 2. The van der Waals surface area contributed by atoms with Gasteiger partial charge in [0, 0.05) is 22.3 Å². The van der Waals surface area contributed by atoms with Crippen molar-refractivity contribution in [3.05, 3.63) is 68.5 Å². The van der Waals surface area contributed by atoms with Crippen molar-refractivity contribution < 1.29 is 23.1 Å². The number of nitrogens with zero attached hydrogens (tertiary/aromatic N) is 3. The van der Waals surface area contributed by atoms with Gasteiger partial charge in [0.05, 0.1) is 10.7 Å². The molecule has 2 aromatic heterocycles. The number of aliphatic hydroxyl groups excluding tert-OH is 1. The Morgan fingerprint density at radius 1 is 1.34 bits per heavy atom. The van der Waals surface area contributed by atoms with Crippen LogP contribution >= 0.6 is 27.5 Å². The molecule has 3 rings (SSSR count). The van der Waals surface area contributed by atoms with Gasteiger partial charge in [-0.1, -0.05) is 34.5 Å². The molecule has 32 heavy (non-hydrogen) atoms. The van der Waals surface area contributed by atoms with E-state index in [0.717, 1.165) is 4.68 Å². The quantitative estimate of drug-likeness (QED) is 0.394. The number of hydrogen-bond acceptors (Lipinski definition) is 5. The van der Waals surface area contributed by atoms with E-state index < -0.39 is 29.7 Å². The number of carbonyl (C=O) groups excluding carboxylic acids is 1. The molecule has 0 aliphatic rings. The summed E-state index contributed by atoms with van der Waals surface area (Å²) in [6.45, 7) is 3.93. The second-order valence-corrected chi connectivity index (χ2v) is 8.06. The number of anilines is 1. The van der Waals surface area contributed by atoms with Crippen molar-refractivity contribution in [3.8, 4) is 5.82 Å². The fourth-order valence-electron chi connectivity index (χ4n) is 3.01. The van der Waals surface area contributed by atoms with Crippen LogP contribution < -0.4 is 10.6 Å². The van der Waals surface area contributed by atoms with Gasteiger partial charge in [-0.05, 0) is 43.3 Å². The van der Waals surface area contributed by atoms with E-state index in [1.54, 1.807) is 26.0 Å². The third kappa shape index (κ3) is 5.12. The van der Waals surface area contributed by atoms with E-state index in [1.807, 2.05) is 0 Å². The molecule has 0 aliphatic heterocycles. The number of halogens is 5. The van der Waals surface area contributed by atoms with Crippen LogP contribution in [0.15, 0.2) is 41.0 Å². The van der Waals surface area contributed by atoms with Gasteiger partial charge in [-0.15, -0.1) is 0 Å². The number of aliphatic hydroxyl groups is 1. The molecule has 12 heteroatoms. The number of aromatic nitrogens is 3. The first-order valence-electron chi connectivity index (χ1n) is 9.34. The number of pyridine rings is 1. The highest BCUT2D eigenvalue weighted by molar-refractivity contribution is 9.10. The molecule has 1 aromatic carbocycles. The van der Waals surface area contributed by atoms with Gasteiger partial charge in [-0.3, -0.25) is 10.1 Å². The Kier molecular flexibility index (Phi) is 7.23. The van der Waals surface area contributed by atoms with Crippen LogP contribution in [-0.2, 0) is 6.18 Å². The summed E-state index contributed by atoms with van der Waals surface area (Å²) in [7, 11) is 0. The molecule has 7 nitrogen and oxygen atoms in total. The molecule has 1 atom stereocenters. The molecule has 0 radical (unpaired) electrons. The molecule has 0 aliphatic carbocycles. The Morgan fingerprint density at radius 2 is 2.06 bits per heavy atom. The van der Waals surface area contributed by atoms with E-state index in [1.165, 1.54) is 18.3 Å². The van der Waals surface area contributed by atoms with Crippen molar-refractivity contribution in [1.29, 1.82) is 0 Å². The van der Waals surface area contributed by atoms with Crippen molar-refractivity contribution >= 4 is 39.1 Å². The summed E-state index contributed by atoms with van der Waals surface area (Å²) in [5.74, 6) is -1.01. The molecule has 1 unspecified atom stereocenters. The lowest BCUT2D eigenvalue weighted by atomic mass is 10.1. The molecule has 2 heterocycles. The van der Waals surface area contributed by atoms with Crippen LogP contribution in [0.4, 0.5) is 18.9 Å². The van der Waals surface area contributed by atoms with Crippen molar-refractivity contribution in [1.82, 2.24) is 20.1 Å². The minimum Gasteiger partial charge on any atom is -0.374 e. The zero-order valence-electron chi connectivity index (χ0n) is 16.8. The van der Waals surface area contributed by atoms with Crippen molar-refractivity contribution in [2.24, 2.45) is 0 Å². The SMILES string of the molecule is CCNC(O)c1cc(Br)cc(C)c1NC(=O)c1cc(C(F)(F)F)nn1-c1ncccc1Cl. The molecule has 1 amide bonds.